The van der Waals surface area contributed by atoms with Crippen molar-refractivity contribution < 1.29 is 13.2 Å². The molecule has 5 nitrogen and oxygen atoms in total. The molecule has 0 spiro atoms. The number of carbonyl (C=O) groups excluding carboxylic acids is 1. The van der Waals surface area contributed by atoms with Crippen molar-refractivity contribution in [3.8, 4) is 0 Å². The van der Waals surface area contributed by atoms with E-state index in [0.717, 1.165) is 22.7 Å². The fraction of sp³-hybridized carbons (Fsp3) is 0.150. The topological polar surface area (TPSA) is 66.5 Å². The van der Waals surface area contributed by atoms with Crippen LogP contribution in [0, 0.1) is 0 Å². The standard InChI is InChI=1S/C20H20N2O3S/c1-22(18-11-10-15-6-3-4-7-16(15)12-18)14-20(23)21-17-8-5-9-19(13-17)26(2,24)25/h3-13H,14H2,1-2H3,(H,21,23). The average Bonchev–Trinajstić information content (AvgIpc) is 2.60. The van der Waals surface area contributed by atoms with Crippen LogP contribution in [-0.2, 0) is 14.6 Å². The van der Waals surface area contributed by atoms with Crippen LogP contribution in [-0.4, -0.2) is 34.2 Å². The van der Waals surface area contributed by atoms with Crippen LogP contribution < -0.4 is 10.2 Å². The predicted octanol–water partition coefficient (Wildman–Crippen LogP) is 3.32. The van der Waals surface area contributed by atoms with Gasteiger partial charge in [-0.3, -0.25) is 4.79 Å². The highest BCUT2D eigenvalue weighted by atomic mass is 32.2. The molecule has 0 saturated heterocycles. The summed E-state index contributed by atoms with van der Waals surface area (Å²) in [6.07, 6.45) is 1.14. The zero-order valence-electron chi connectivity index (χ0n) is 14.6. The number of likely N-dealkylation sites (N-methyl/N-ethyl adjacent to an activating group) is 1. The number of nitrogens with one attached hydrogen (secondary N) is 1. The summed E-state index contributed by atoms with van der Waals surface area (Å²) in [6, 6.07) is 20.3. The Morgan fingerprint density at radius 3 is 2.42 bits per heavy atom. The summed E-state index contributed by atoms with van der Waals surface area (Å²) >= 11 is 0. The number of hydrogen-bond acceptors (Lipinski definition) is 4. The van der Waals surface area contributed by atoms with Gasteiger partial charge in [-0.1, -0.05) is 36.4 Å². The largest absolute Gasteiger partial charge is 0.365 e. The number of benzene rings is 3. The molecule has 26 heavy (non-hydrogen) atoms. The lowest BCUT2D eigenvalue weighted by Crippen LogP contribution is -2.30. The smallest absolute Gasteiger partial charge is 0.243 e. The highest BCUT2D eigenvalue weighted by Gasteiger charge is 2.11. The van der Waals surface area contributed by atoms with Gasteiger partial charge >= 0.3 is 0 Å². The van der Waals surface area contributed by atoms with Crippen LogP contribution in [0.1, 0.15) is 0 Å². The maximum atomic E-state index is 12.3. The van der Waals surface area contributed by atoms with E-state index in [1.807, 2.05) is 54.4 Å². The van der Waals surface area contributed by atoms with Gasteiger partial charge in [-0.05, 0) is 41.1 Å². The van der Waals surface area contributed by atoms with Gasteiger partial charge in [0.2, 0.25) is 5.91 Å². The maximum Gasteiger partial charge on any atom is 0.243 e. The van der Waals surface area contributed by atoms with E-state index in [2.05, 4.69) is 5.32 Å². The lowest BCUT2D eigenvalue weighted by Gasteiger charge is -2.19. The lowest BCUT2D eigenvalue weighted by atomic mass is 10.1. The second-order valence-corrected chi connectivity index (χ2v) is 8.25. The van der Waals surface area contributed by atoms with E-state index < -0.39 is 9.84 Å². The zero-order chi connectivity index (χ0) is 18.7. The zero-order valence-corrected chi connectivity index (χ0v) is 15.5. The monoisotopic (exact) mass is 368 g/mol. The summed E-state index contributed by atoms with van der Waals surface area (Å²) in [5, 5.41) is 5.00. The van der Waals surface area contributed by atoms with Crippen LogP contribution >= 0.6 is 0 Å². The summed E-state index contributed by atoms with van der Waals surface area (Å²) in [5.41, 5.74) is 1.40. The van der Waals surface area contributed by atoms with Crippen molar-refractivity contribution in [2.45, 2.75) is 4.90 Å². The molecule has 3 aromatic rings. The van der Waals surface area contributed by atoms with Crippen molar-refractivity contribution in [3.05, 3.63) is 66.7 Å². The molecule has 0 bridgehead atoms. The van der Waals surface area contributed by atoms with Gasteiger partial charge in [-0.15, -0.1) is 0 Å². The Kier molecular flexibility index (Phi) is 4.95. The molecule has 3 aromatic carbocycles. The molecule has 0 fully saturated rings. The van der Waals surface area contributed by atoms with Crippen molar-refractivity contribution in [2.24, 2.45) is 0 Å². The molecule has 134 valence electrons. The second-order valence-electron chi connectivity index (χ2n) is 6.24. The molecule has 1 N–H and O–H groups in total. The first kappa shape index (κ1) is 17.9. The highest BCUT2D eigenvalue weighted by Crippen LogP contribution is 2.21. The quantitative estimate of drug-likeness (QED) is 0.750. The van der Waals surface area contributed by atoms with Crippen LogP contribution in [0.25, 0.3) is 10.8 Å². The van der Waals surface area contributed by atoms with Gasteiger partial charge in [-0.2, -0.15) is 0 Å². The maximum absolute atomic E-state index is 12.3. The van der Waals surface area contributed by atoms with E-state index in [1.165, 1.54) is 12.1 Å². The number of nitrogens with zero attached hydrogens (tertiary/aromatic N) is 1. The first-order chi connectivity index (χ1) is 12.3. The van der Waals surface area contributed by atoms with Gasteiger partial charge in [0.1, 0.15) is 0 Å². The molecule has 0 aromatic heterocycles. The normalized spacial score (nSPS) is 11.3. The number of carbonyl (C=O) groups is 1. The summed E-state index contributed by atoms with van der Waals surface area (Å²) in [4.78, 5) is 14.3. The minimum Gasteiger partial charge on any atom is -0.365 e. The van der Waals surface area contributed by atoms with Gasteiger partial charge in [0.15, 0.2) is 9.84 Å². The molecule has 0 atom stereocenters. The van der Waals surface area contributed by atoms with E-state index in [1.54, 1.807) is 12.1 Å². The predicted molar refractivity (Wildman–Crippen MR) is 105 cm³/mol. The van der Waals surface area contributed by atoms with Crippen LogP contribution in [0.5, 0.6) is 0 Å². The van der Waals surface area contributed by atoms with E-state index in [0.29, 0.717) is 5.69 Å². The number of sulfone groups is 1. The van der Waals surface area contributed by atoms with Gasteiger partial charge in [0.25, 0.3) is 0 Å². The molecular weight excluding hydrogens is 348 g/mol. The molecule has 0 heterocycles. The molecule has 0 unspecified atom stereocenters. The Morgan fingerprint density at radius 1 is 0.962 bits per heavy atom. The first-order valence-electron chi connectivity index (χ1n) is 8.13. The van der Waals surface area contributed by atoms with Crippen LogP contribution in [0.4, 0.5) is 11.4 Å². The van der Waals surface area contributed by atoms with Crippen molar-refractivity contribution in [2.75, 3.05) is 30.1 Å². The summed E-state index contributed by atoms with van der Waals surface area (Å²) < 4.78 is 23.2. The minimum atomic E-state index is -3.31. The minimum absolute atomic E-state index is 0.154. The van der Waals surface area contributed by atoms with Crippen molar-refractivity contribution >= 4 is 37.9 Å². The molecule has 0 aliphatic carbocycles. The van der Waals surface area contributed by atoms with E-state index in [4.69, 9.17) is 0 Å². The van der Waals surface area contributed by atoms with Gasteiger partial charge in [0.05, 0.1) is 11.4 Å². The van der Waals surface area contributed by atoms with Crippen LogP contribution in [0.15, 0.2) is 71.6 Å². The Morgan fingerprint density at radius 2 is 1.69 bits per heavy atom. The molecular formula is C20H20N2O3S. The molecule has 0 radical (unpaired) electrons. The van der Waals surface area contributed by atoms with Crippen LogP contribution in [0.3, 0.4) is 0 Å². The van der Waals surface area contributed by atoms with E-state index >= 15 is 0 Å². The first-order valence-corrected chi connectivity index (χ1v) is 10.0. The number of hydrogen-bond donors (Lipinski definition) is 1. The van der Waals surface area contributed by atoms with Crippen molar-refractivity contribution in [3.63, 3.8) is 0 Å². The molecule has 0 saturated carbocycles. The fourth-order valence-corrected chi connectivity index (χ4v) is 3.39. The van der Waals surface area contributed by atoms with Gasteiger partial charge in [0, 0.05) is 24.7 Å². The fourth-order valence-electron chi connectivity index (χ4n) is 2.73. The van der Waals surface area contributed by atoms with Crippen molar-refractivity contribution in [1.82, 2.24) is 0 Å². The Balaban J connectivity index is 1.71. The third kappa shape index (κ3) is 4.21. The SMILES string of the molecule is CN(CC(=O)Nc1cccc(S(C)(=O)=O)c1)c1ccc2ccccc2c1. The van der Waals surface area contributed by atoms with Crippen LogP contribution in [0.2, 0.25) is 0 Å². The third-order valence-electron chi connectivity index (χ3n) is 4.10. The lowest BCUT2D eigenvalue weighted by molar-refractivity contribution is -0.114. The Hall–Kier alpha value is -2.86. The average molecular weight is 368 g/mol. The molecule has 0 aliphatic rings. The summed E-state index contributed by atoms with van der Waals surface area (Å²) in [5.74, 6) is -0.216. The molecule has 6 heteroatoms. The van der Waals surface area contributed by atoms with Gasteiger partial charge in [-0.25, -0.2) is 8.42 Å². The van der Waals surface area contributed by atoms with E-state index in [-0.39, 0.29) is 17.3 Å². The molecule has 0 aliphatic heterocycles. The second kappa shape index (κ2) is 7.17. The molecule has 1 amide bonds. The Bertz CT molecular complexity index is 1060. The van der Waals surface area contributed by atoms with E-state index in [9.17, 15) is 13.2 Å². The highest BCUT2D eigenvalue weighted by molar-refractivity contribution is 7.90. The third-order valence-corrected chi connectivity index (χ3v) is 5.21. The van der Waals surface area contributed by atoms with Crippen molar-refractivity contribution in [1.29, 1.82) is 0 Å². The summed E-state index contributed by atoms with van der Waals surface area (Å²) in [6.45, 7) is 0.154. The Labute approximate surface area is 153 Å². The van der Waals surface area contributed by atoms with Gasteiger partial charge < -0.3 is 10.2 Å². The summed E-state index contributed by atoms with van der Waals surface area (Å²) in [7, 11) is -1.47. The number of fused-ring (bicyclic) bond motifs is 1. The number of anilines is 2. The molecule has 3 rings (SSSR count). The number of amides is 1. The number of rotatable bonds is 5.